The average molecular weight is 354 g/mol. The minimum Gasteiger partial charge on any atom is -0.466 e. The monoisotopic (exact) mass is 354 g/mol. The predicted octanol–water partition coefficient (Wildman–Crippen LogP) is 3.34. The molecule has 0 saturated heterocycles. The van der Waals surface area contributed by atoms with Crippen molar-refractivity contribution >= 4 is 22.9 Å². The van der Waals surface area contributed by atoms with Crippen molar-refractivity contribution in [1.82, 2.24) is 15.1 Å². The van der Waals surface area contributed by atoms with Crippen LogP contribution < -0.4 is 5.32 Å². The van der Waals surface area contributed by atoms with Crippen molar-refractivity contribution < 1.29 is 14.1 Å². The van der Waals surface area contributed by atoms with Crippen molar-refractivity contribution in [1.29, 1.82) is 0 Å². The standard InChI is InChI=1S/C19H22N4O3/c1-4-25-16(24)10-9-15-21-18(17-13(3)23-26-19(17)22-15)20-11-14-8-6-5-7-12(14)2/h5-8H,4,9-11H2,1-3H3,(H,20,21,22). The fraction of sp³-hybridized carbons (Fsp3) is 0.368. The van der Waals surface area contributed by atoms with E-state index in [-0.39, 0.29) is 12.4 Å². The molecule has 7 nitrogen and oxygen atoms in total. The van der Waals surface area contributed by atoms with E-state index in [0.717, 1.165) is 11.1 Å². The molecule has 0 spiro atoms. The van der Waals surface area contributed by atoms with Crippen LogP contribution in [-0.4, -0.2) is 27.7 Å². The summed E-state index contributed by atoms with van der Waals surface area (Å²) in [6.45, 7) is 6.70. The Bertz CT molecular complexity index is 920. The minimum atomic E-state index is -0.264. The number of hydrogen-bond donors (Lipinski definition) is 1. The molecule has 26 heavy (non-hydrogen) atoms. The van der Waals surface area contributed by atoms with Gasteiger partial charge in [0.2, 0.25) is 0 Å². The van der Waals surface area contributed by atoms with E-state index in [0.29, 0.717) is 36.9 Å². The van der Waals surface area contributed by atoms with E-state index in [1.54, 1.807) is 6.92 Å². The van der Waals surface area contributed by atoms with Gasteiger partial charge in [-0.25, -0.2) is 4.98 Å². The number of aryl methyl sites for hydroxylation is 3. The second-order valence-electron chi connectivity index (χ2n) is 6.02. The van der Waals surface area contributed by atoms with Gasteiger partial charge in [-0.1, -0.05) is 29.4 Å². The first-order valence-electron chi connectivity index (χ1n) is 8.65. The molecule has 2 aromatic heterocycles. The second-order valence-corrected chi connectivity index (χ2v) is 6.02. The summed E-state index contributed by atoms with van der Waals surface area (Å²) in [5, 5.41) is 8.11. The Balaban J connectivity index is 1.83. The van der Waals surface area contributed by atoms with Crippen LogP contribution in [0.5, 0.6) is 0 Å². The summed E-state index contributed by atoms with van der Waals surface area (Å²) < 4.78 is 10.3. The highest BCUT2D eigenvalue weighted by Crippen LogP contribution is 2.25. The average Bonchev–Trinajstić information content (AvgIpc) is 3.00. The van der Waals surface area contributed by atoms with Crippen LogP contribution in [0.3, 0.4) is 0 Å². The largest absolute Gasteiger partial charge is 0.466 e. The number of ether oxygens (including phenoxy) is 1. The van der Waals surface area contributed by atoms with E-state index >= 15 is 0 Å². The van der Waals surface area contributed by atoms with Crippen molar-refractivity contribution in [3.05, 3.63) is 46.9 Å². The van der Waals surface area contributed by atoms with Gasteiger partial charge in [-0.15, -0.1) is 0 Å². The van der Waals surface area contributed by atoms with Crippen molar-refractivity contribution in [2.24, 2.45) is 0 Å². The summed E-state index contributed by atoms with van der Waals surface area (Å²) in [5.41, 5.74) is 3.53. The summed E-state index contributed by atoms with van der Waals surface area (Å²) in [6, 6.07) is 8.17. The molecule has 0 atom stereocenters. The molecule has 3 rings (SSSR count). The van der Waals surface area contributed by atoms with E-state index in [2.05, 4.69) is 39.5 Å². The highest BCUT2D eigenvalue weighted by atomic mass is 16.5. The molecule has 0 aliphatic rings. The lowest BCUT2D eigenvalue weighted by atomic mass is 10.1. The Labute approximate surface area is 151 Å². The van der Waals surface area contributed by atoms with E-state index in [4.69, 9.17) is 9.26 Å². The molecule has 0 fully saturated rings. The smallest absolute Gasteiger partial charge is 0.306 e. The molecule has 2 heterocycles. The van der Waals surface area contributed by atoms with Gasteiger partial charge in [0.1, 0.15) is 17.0 Å². The van der Waals surface area contributed by atoms with Crippen molar-refractivity contribution in [3.63, 3.8) is 0 Å². The number of benzene rings is 1. The number of nitrogens with one attached hydrogen (secondary N) is 1. The summed E-state index contributed by atoms with van der Waals surface area (Å²) in [7, 11) is 0. The molecular formula is C19H22N4O3. The molecule has 1 aromatic carbocycles. The van der Waals surface area contributed by atoms with E-state index < -0.39 is 0 Å². The van der Waals surface area contributed by atoms with Crippen LogP contribution >= 0.6 is 0 Å². The number of fused-ring (bicyclic) bond motifs is 1. The van der Waals surface area contributed by atoms with Gasteiger partial charge in [-0.05, 0) is 31.9 Å². The SMILES string of the molecule is CCOC(=O)CCc1nc(NCc2ccccc2C)c2c(C)noc2n1. The molecule has 0 amide bonds. The third-order valence-corrected chi connectivity index (χ3v) is 4.12. The first-order valence-corrected chi connectivity index (χ1v) is 8.65. The molecule has 136 valence electrons. The molecular weight excluding hydrogens is 332 g/mol. The third kappa shape index (κ3) is 3.99. The molecule has 0 bridgehead atoms. The van der Waals surface area contributed by atoms with Gasteiger partial charge in [0.15, 0.2) is 0 Å². The number of rotatable bonds is 7. The maximum absolute atomic E-state index is 11.6. The predicted molar refractivity (Wildman–Crippen MR) is 97.8 cm³/mol. The molecule has 0 saturated carbocycles. The van der Waals surface area contributed by atoms with Crippen LogP contribution in [0.4, 0.5) is 5.82 Å². The number of carbonyl (C=O) groups is 1. The summed E-state index contributed by atoms with van der Waals surface area (Å²) in [6.07, 6.45) is 0.608. The molecule has 1 N–H and O–H groups in total. The van der Waals surface area contributed by atoms with Crippen molar-refractivity contribution in [2.45, 2.75) is 40.2 Å². The normalized spacial score (nSPS) is 10.9. The zero-order valence-electron chi connectivity index (χ0n) is 15.2. The zero-order chi connectivity index (χ0) is 18.5. The van der Waals surface area contributed by atoms with Crippen LogP contribution in [0, 0.1) is 13.8 Å². The van der Waals surface area contributed by atoms with Gasteiger partial charge in [0.25, 0.3) is 5.71 Å². The quantitative estimate of drug-likeness (QED) is 0.651. The van der Waals surface area contributed by atoms with Crippen molar-refractivity contribution in [3.8, 4) is 0 Å². The first kappa shape index (κ1) is 17.8. The van der Waals surface area contributed by atoms with Gasteiger partial charge < -0.3 is 14.6 Å². The highest BCUT2D eigenvalue weighted by molar-refractivity contribution is 5.87. The Morgan fingerprint density at radius 1 is 1.23 bits per heavy atom. The number of anilines is 1. The second kappa shape index (κ2) is 7.95. The Morgan fingerprint density at radius 2 is 2.04 bits per heavy atom. The van der Waals surface area contributed by atoms with Gasteiger partial charge in [-0.2, -0.15) is 4.98 Å². The van der Waals surface area contributed by atoms with Gasteiger partial charge in [0.05, 0.1) is 18.7 Å². The maximum Gasteiger partial charge on any atom is 0.306 e. The third-order valence-electron chi connectivity index (χ3n) is 4.12. The fourth-order valence-electron chi connectivity index (χ4n) is 2.71. The molecule has 0 unspecified atom stereocenters. The van der Waals surface area contributed by atoms with Crippen LogP contribution in [0.2, 0.25) is 0 Å². The summed E-state index contributed by atoms with van der Waals surface area (Å²) in [4.78, 5) is 20.5. The number of carbonyl (C=O) groups excluding carboxylic acids is 1. The van der Waals surface area contributed by atoms with E-state index in [9.17, 15) is 4.79 Å². The van der Waals surface area contributed by atoms with Crippen molar-refractivity contribution in [2.75, 3.05) is 11.9 Å². The fourth-order valence-corrected chi connectivity index (χ4v) is 2.71. The number of esters is 1. The Hall–Kier alpha value is -2.96. The molecule has 7 heteroatoms. The van der Waals surface area contributed by atoms with Gasteiger partial charge >= 0.3 is 5.97 Å². The topological polar surface area (TPSA) is 90.1 Å². The van der Waals surface area contributed by atoms with E-state index in [1.165, 1.54) is 11.1 Å². The zero-order valence-corrected chi connectivity index (χ0v) is 15.2. The lowest BCUT2D eigenvalue weighted by Crippen LogP contribution is -2.09. The Morgan fingerprint density at radius 3 is 2.81 bits per heavy atom. The molecule has 0 radical (unpaired) electrons. The van der Waals surface area contributed by atoms with Gasteiger partial charge in [-0.3, -0.25) is 4.79 Å². The molecule has 3 aromatic rings. The molecule has 0 aliphatic heterocycles. The maximum atomic E-state index is 11.6. The summed E-state index contributed by atoms with van der Waals surface area (Å²) in [5.74, 6) is 0.921. The highest BCUT2D eigenvalue weighted by Gasteiger charge is 2.16. The van der Waals surface area contributed by atoms with Crippen LogP contribution in [0.15, 0.2) is 28.8 Å². The minimum absolute atomic E-state index is 0.226. The number of hydrogen-bond acceptors (Lipinski definition) is 7. The van der Waals surface area contributed by atoms with Gasteiger partial charge in [0, 0.05) is 13.0 Å². The van der Waals surface area contributed by atoms with Crippen LogP contribution in [0.25, 0.3) is 11.1 Å². The number of aromatic nitrogens is 3. The van der Waals surface area contributed by atoms with Crippen LogP contribution in [-0.2, 0) is 22.5 Å². The molecule has 0 aliphatic carbocycles. The number of nitrogens with zero attached hydrogens (tertiary/aromatic N) is 3. The van der Waals surface area contributed by atoms with Crippen LogP contribution in [0.1, 0.15) is 36.0 Å². The Kier molecular flexibility index (Phi) is 5.46. The lowest BCUT2D eigenvalue weighted by Gasteiger charge is -2.10. The lowest BCUT2D eigenvalue weighted by molar-refractivity contribution is -0.143. The van der Waals surface area contributed by atoms with E-state index in [1.807, 2.05) is 19.1 Å². The summed E-state index contributed by atoms with van der Waals surface area (Å²) >= 11 is 0. The first-order chi connectivity index (χ1) is 12.6.